The van der Waals surface area contributed by atoms with Crippen molar-refractivity contribution < 1.29 is 22.7 Å². The number of rotatable bonds is 4. The Morgan fingerprint density at radius 1 is 1.48 bits per heavy atom. The summed E-state index contributed by atoms with van der Waals surface area (Å²) in [6.45, 7) is 1.47. The van der Waals surface area contributed by atoms with Crippen molar-refractivity contribution in [1.29, 1.82) is 0 Å². The molecule has 21 heavy (non-hydrogen) atoms. The van der Waals surface area contributed by atoms with Crippen molar-refractivity contribution in [2.75, 3.05) is 7.11 Å². The van der Waals surface area contributed by atoms with Crippen LogP contribution in [0.1, 0.15) is 49.7 Å². The van der Waals surface area contributed by atoms with E-state index in [-0.39, 0.29) is 5.82 Å². The molecule has 0 aromatic carbocycles. The first kappa shape index (κ1) is 15.9. The lowest BCUT2D eigenvalue weighted by molar-refractivity contribution is -0.146. The number of alkyl halides is 3. The average Bonchev–Trinajstić information content (AvgIpc) is 3.03. The summed E-state index contributed by atoms with van der Waals surface area (Å²) in [4.78, 5) is 15.5. The van der Waals surface area contributed by atoms with Crippen molar-refractivity contribution in [1.82, 2.24) is 9.55 Å². The summed E-state index contributed by atoms with van der Waals surface area (Å²) in [6, 6.07) is -0.735. The first-order valence-electron chi connectivity index (χ1n) is 7.03. The summed E-state index contributed by atoms with van der Waals surface area (Å²) < 4.78 is 44.3. The molecule has 1 saturated carbocycles. The second kappa shape index (κ2) is 6.07. The lowest BCUT2D eigenvalue weighted by Crippen LogP contribution is -2.23. The van der Waals surface area contributed by atoms with Crippen molar-refractivity contribution in [3.63, 3.8) is 0 Å². The van der Waals surface area contributed by atoms with Gasteiger partial charge in [0.1, 0.15) is 11.9 Å². The number of methoxy groups -OCH3 is 1. The van der Waals surface area contributed by atoms with Gasteiger partial charge in [-0.05, 0) is 19.3 Å². The van der Waals surface area contributed by atoms with E-state index in [9.17, 15) is 18.0 Å². The van der Waals surface area contributed by atoms with Crippen molar-refractivity contribution in [2.45, 2.75) is 51.2 Å². The highest BCUT2D eigenvalue weighted by atomic mass is 19.4. The van der Waals surface area contributed by atoms with Crippen molar-refractivity contribution in [2.24, 2.45) is 5.92 Å². The zero-order valence-electron chi connectivity index (χ0n) is 12.1. The Morgan fingerprint density at radius 2 is 2.10 bits per heavy atom. The number of hydrogen-bond acceptors (Lipinski definition) is 3. The SMILES string of the molecule is COC(=O)[C@H](CC1CCCC1)n1cc(C(F)(F)F)nc1C. The normalized spacial score (nSPS) is 18.0. The maximum Gasteiger partial charge on any atom is 0.434 e. The van der Waals surface area contributed by atoms with Crippen LogP contribution in [0.25, 0.3) is 0 Å². The Labute approximate surface area is 121 Å². The van der Waals surface area contributed by atoms with Crippen LogP contribution >= 0.6 is 0 Å². The monoisotopic (exact) mass is 304 g/mol. The van der Waals surface area contributed by atoms with Crippen molar-refractivity contribution >= 4 is 5.97 Å². The molecule has 118 valence electrons. The maximum absolute atomic E-state index is 12.7. The van der Waals surface area contributed by atoms with Gasteiger partial charge in [0.05, 0.1) is 7.11 Å². The van der Waals surface area contributed by atoms with Gasteiger partial charge in [-0.3, -0.25) is 0 Å². The Morgan fingerprint density at radius 3 is 2.57 bits per heavy atom. The number of ether oxygens (including phenoxy) is 1. The van der Waals surface area contributed by atoms with Crippen molar-refractivity contribution in [3.05, 3.63) is 17.7 Å². The van der Waals surface area contributed by atoms with E-state index in [0.29, 0.717) is 12.3 Å². The first-order valence-corrected chi connectivity index (χ1v) is 7.03. The smallest absolute Gasteiger partial charge is 0.434 e. The number of hydrogen-bond donors (Lipinski definition) is 0. The fraction of sp³-hybridized carbons (Fsp3) is 0.714. The third-order valence-corrected chi connectivity index (χ3v) is 4.05. The molecule has 0 unspecified atom stereocenters. The molecule has 2 rings (SSSR count). The molecule has 7 heteroatoms. The van der Waals surface area contributed by atoms with Gasteiger partial charge in [-0.25, -0.2) is 9.78 Å². The molecule has 1 aliphatic carbocycles. The molecule has 0 N–H and O–H groups in total. The number of nitrogens with zero attached hydrogens (tertiary/aromatic N) is 2. The van der Waals surface area contributed by atoms with Crippen LogP contribution < -0.4 is 0 Å². The van der Waals surface area contributed by atoms with E-state index in [0.717, 1.165) is 31.9 Å². The zero-order chi connectivity index (χ0) is 15.6. The van der Waals surface area contributed by atoms with E-state index in [1.54, 1.807) is 0 Å². The molecule has 0 bridgehead atoms. The number of halogens is 3. The number of imidazole rings is 1. The molecule has 1 fully saturated rings. The Kier molecular flexibility index (Phi) is 4.58. The summed E-state index contributed by atoms with van der Waals surface area (Å²) in [6.07, 6.45) is 1.13. The summed E-state index contributed by atoms with van der Waals surface area (Å²) in [5.74, 6) is 0.0112. The molecule has 0 spiro atoms. The number of aryl methyl sites for hydroxylation is 1. The van der Waals surface area contributed by atoms with Gasteiger partial charge < -0.3 is 9.30 Å². The van der Waals surface area contributed by atoms with E-state index in [2.05, 4.69) is 4.98 Å². The molecule has 0 radical (unpaired) electrons. The molecule has 1 aliphatic rings. The van der Waals surface area contributed by atoms with Gasteiger partial charge in [-0.15, -0.1) is 0 Å². The standard InChI is InChI=1S/C14H19F3N2O2/c1-9-18-12(14(15,16)17)8-19(9)11(13(20)21-2)7-10-5-3-4-6-10/h8,10-11H,3-7H2,1-2H3/t11-/m0/s1. The van der Waals surface area contributed by atoms with Crippen LogP contribution in [0.3, 0.4) is 0 Å². The fourth-order valence-corrected chi connectivity index (χ4v) is 2.96. The van der Waals surface area contributed by atoms with Gasteiger partial charge in [-0.2, -0.15) is 13.2 Å². The van der Waals surface area contributed by atoms with E-state index in [1.807, 2.05) is 0 Å². The van der Waals surface area contributed by atoms with Crippen molar-refractivity contribution in [3.8, 4) is 0 Å². The molecule has 1 atom stereocenters. The zero-order valence-corrected chi connectivity index (χ0v) is 12.1. The van der Waals surface area contributed by atoms with E-state index in [1.165, 1.54) is 18.6 Å². The van der Waals surface area contributed by atoms with Crippen LogP contribution in [0.2, 0.25) is 0 Å². The van der Waals surface area contributed by atoms with Crippen LogP contribution in [0.15, 0.2) is 6.20 Å². The molecular weight excluding hydrogens is 285 g/mol. The molecule has 4 nitrogen and oxygen atoms in total. The lowest BCUT2D eigenvalue weighted by Gasteiger charge is -2.20. The van der Waals surface area contributed by atoms with Gasteiger partial charge in [0.2, 0.25) is 0 Å². The predicted molar refractivity (Wildman–Crippen MR) is 69.6 cm³/mol. The summed E-state index contributed by atoms with van der Waals surface area (Å²) >= 11 is 0. The van der Waals surface area contributed by atoms with Crippen LogP contribution in [0.4, 0.5) is 13.2 Å². The lowest BCUT2D eigenvalue weighted by atomic mass is 9.98. The molecule has 0 saturated heterocycles. The molecule has 1 heterocycles. The van der Waals surface area contributed by atoms with E-state index >= 15 is 0 Å². The van der Waals surface area contributed by atoms with Gasteiger partial charge in [0, 0.05) is 6.20 Å². The largest absolute Gasteiger partial charge is 0.467 e. The molecule has 0 amide bonds. The highest BCUT2D eigenvalue weighted by molar-refractivity contribution is 5.74. The molecule has 1 aromatic heterocycles. The van der Waals surface area contributed by atoms with Gasteiger partial charge >= 0.3 is 12.1 Å². The van der Waals surface area contributed by atoms with Crippen LogP contribution in [0, 0.1) is 12.8 Å². The maximum atomic E-state index is 12.7. The van der Waals surface area contributed by atoms with Crippen LogP contribution in [-0.2, 0) is 15.7 Å². The Bertz CT molecular complexity index is 505. The summed E-state index contributed by atoms with van der Waals surface area (Å²) in [7, 11) is 1.25. The van der Waals surface area contributed by atoms with Gasteiger partial charge in [-0.1, -0.05) is 25.7 Å². The minimum Gasteiger partial charge on any atom is -0.467 e. The Balaban J connectivity index is 2.27. The van der Waals surface area contributed by atoms with Crippen LogP contribution in [-0.4, -0.2) is 22.6 Å². The van der Waals surface area contributed by atoms with E-state index < -0.39 is 23.9 Å². The first-order chi connectivity index (χ1) is 9.82. The third kappa shape index (κ3) is 3.57. The average molecular weight is 304 g/mol. The van der Waals surface area contributed by atoms with Gasteiger partial charge in [0.15, 0.2) is 5.69 Å². The number of carbonyl (C=O) groups excluding carboxylic acids is 1. The topological polar surface area (TPSA) is 44.1 Å². The minimum absolute atomic E-state index is 0.177. The molecule has 0 aliphatic heterocycles. The van der Waals surface area contributed by atoms with Crippen LogP contribution in [0.5, 0.6) is 0 Å². The predicted octanol–water partition coefficient (Wildman–Crippen LogP) is 3.50. The number of esters is 1. The third-order valence-electron chi connectivity index (χ3n) is 4.05. The van der Waals surface area contributed by atoms with Gasteiger partial charge in [0.25, 0.3) is 0 Å². The second-order valence-electron chi connectivity index (χ2n) is 5.50. The molecular formula is C14H19F3N2O2. The highest BCUT2D eigenvalue weighted by Gasteiger charge is 2.36. The number of aromatic nitrogens is 2. The minimum atomic E-state index is -4.51. The second-order valence-corrected chi connectivity index (χ2v) is 5.50. The fourth-order valence-electron chi connectivity index (χ4n) is 2.96. The van der Waals surface area contributed by atoms with E-state index in [4.69, 9.17) is 4.74 Å². The molecule has 1 aromatic rings. The Hall–Kier alpha value is -1.53. The summed E-state index contributed by atoms with van der Waals surface area (Å²) in [5, 5.41) is 0. The quantitative estimate of drug-likeness (QED) is 0.800. The highest BCUT2D eigenvalue weighted by Crippen LogP contribution is 2.35. The number of carbonyl (C=O) groups is 1. The summed E-state index contributed by atoms with van der Waals surface area (Å²) in [5.41, 5.74) is -0.972.